The lowest BCUT2D eigenvalue weighted by Crippen LogP contribution is -2.60. The molecule has 1 amide bonds. The van der Waals surface area contributed by atoms with Gasteiger partial charge in [-0.3, -0.25) is 9.59 Å². The molecule has 128 valence electrons. The summed E-state index contributed by atoms with van der Waals surface area (Å²) in [5, 5.41) is 12.4. The number of carboxylic acid groups (broad SMARTS) is 1. The molecule has 2 unspecified atom stereocenters. The summed E-state index contributed by atoms with van der Waals surface area (Å²) in [7, 11) is 0. The van der Waals surface area contributed by atoms with Crippen molar-refractivity contribution < 1.29 is 14.7 Å². The molecule has 0 radical (unpaired) electrons. The van der Waals surface area contributed by atoms with Crippen molar-refractivity contribution in [1.29, 1.82) is 0 Å². The van der Waals surface area contributed by atoms with E-state index in [4.69, 9.17) is 5.11 Å². The Labute approximate surface area is 138 Å². The van der Waals surface area contributed by atoms with E-state index in [1.54, 1.807) is 0 Å². The van der Waals surface area contributed by atoms with Gasteiger partial charge in [-0.15, -0.1) is 0 Å². The second-order valence-corrected chi connectivity index (χ2v) is 9.93. The molecule has 0 aromatic heterocycles. The van der Waals surface area contributed by atoms with Crippen molar-refractivity contribution in [2.45, 2.75) is 77.7 Å². The number of rotatable bonds is 3. The summed E-state index contributed by atoms with van der Waals surface area (Å²) in [5.74, 6) is -0.0410. The second-order valence-electron chi connectivity index (χ2n) is 9.93. The molecule has 4 nitrogen and oxygen atoms in total. The van der Waals surface area contributed by atoms with Crippen molar-refractivity contribution in [3.05, 3.63) is 0 Å². The van der Waals surface area contributed by atoms with Crippen LogP contribution in [0.3, 0.4) is 0 Å². The molecule has 23 heavy (non-hydrogen) atoms. The predicted molar refractivity (Wildman–Crippen MR) is 86.7 cm³/mol. The maximum absolute atomic E-state index is 13.2. The van der Waals surface area contributed by atoms with Crippen LogP contribution in [0.15, 0.2) is 0 Å². The second kappa shape index (κ2) is 4.73. The number of carboxylic acids is 1. The van der Waals surface area contributed by atoms with E-state index in [0.29, 0.717) is 29.6 Å². The summed E-state index contributed by atoms with van der Waals surface area (Å²) in [6.07, 6.45) is 9.11. The van der Waals surface area contributed by atoms with Gasteiger partial charge in [-0.25, -0.2) is 0 Å². The van der Waals surface area contributed by atoms with Gasteiger partial charge in [-0.1, -0.05) is 13.8 Å². The summed E-state index contributed by atoms with van der Waals surface area (Å²) in [5.41, 5.74) is 0.500. The Morgan fingerprint density at radius 3 is 2.17 bits per heavy atom. The molecule has 0 heterocycles. The number of amides is 1. The molecule has 0 aromatic carbocycles. The Bertz CT molecular complexity index is 539. The smallest absolute Gasteiger partial charge is 0.306 e. The summed E-state index contributed by atoms with van der Waals surface area (Å²) >= 11 is 0. The van der Waals surface area contributed by atoms with Crippen molar-refractivity contribution in [2.24, 2.45) is 28.1 Å². The Hall–Kier alpha value is -1.06. The van der Waals surface area contributed by atoms with Gasteiger partial charge in [0.25, 0.3) is 0 Å². The Balaban J connectivity index is 1.49. The minimum absolute atomic E-state index is 0.0669. The van der Waals surface area contributed by atoms with Crippen LogP contribution in [0, 0.1) is 28.1 Å². The topological polar surface area (TPSA) is 66.4 Å². The van der Waals surface area contributed by atoms with E-state index in [1.807, 2.05) is 0 Å². The summed E-state index contributed by atoms with van der Waals surface area (Å²) in [6.45, 7) is 4.77. The van der Waals surface area contributed by atoms with Crippen LogP contribution in [0.4, 0.5) is 0 Å². The highest BCUT2D eigenvalue weighted by atomic mass is 16.4. The first kappa shape index (κ1) is 15.5. The first-order valence-electron chi connectivity index (χ1n) is 9.25. The van der Waals surface area contributed by atoms with E-state index in [0.717, 1.165) is 25.7 Å². The van der Waals surface area contributed by atoms with E-state index in [2.05, 4.69) is 19.2 Å². The highest BCUT2D eigenvalue weighted by Gasteiger charge is 2.62. The third kappa shape index (κ3) is 2.49. The summed E-state index contributed by atoms with van der Waals surface area (Å²) < 4.78 is 0. The zero-order chi connectivity index (χ0) is 16.5. The van der Waals surface area contributed by atoms with Crippen LogP contribution in [0.5, 0.6) is 0 Å². The van der Waals surface area contributed by atoms with Crippen molar-refractivity contribution in [2.75, 3.05) is 0 Å². The normalized spacial score (nSPS) is 51.0. The standard InChI is InChI=1S/C19H29NO3/c1-17-6-12-7-18(2,9-17)11-19(8-12,10-17)16(23)20-14-4-3-13(5-14)15(21)22/h12-14H,3-11H2,1-2H3,(H,20,23)(H,21,22)/t12?,13-,14+,17?,18?,19?/m0/s1. The predicted octanol–water partition coefficient (Wildman–Crippen LogP) is 3.35. The number of carbonyl (C=O) groups excluding carboxylic acids is 1. The molecule has 5 aliphatic rings. The highest BCUT2D eigenvalue weighted by Crippen LogP contribution is 2.69. The first-order valence-corrected chi connectivity index (χ1v) is 9.25. The fourth-order valence-corrected chi connectivity index (χ4v) is 7.38. The Morgan fingerprint density at radius 1 is 1.00 bits per heavy atom. The molecule has 0 spiro atoms. The molecule has 5 saturated carbocycles. The van der Waals surface area contributed by atoms with Gasteiger partial charge < -0.3 is 10.4 Å². The number of aliphatic carboxylic acids is 1. The monoisotopic (exact) mass is 319 g/mol. The molecular weight excluding hydrogens is 290 g/mol. The SMILES string of the molecule is CC12CC3CC(C)(C1)CC(C(=O)N[C@@H]1CC[C@H](C(=O)O)C1)(C3)C2. The molecular formula is C19H29NO3. The number of nitrogens with one attached hydrogen (secondary N) is 1. The van der Waals surface area contributed by atoms with Gasteiger partial charge in [0, 0.05) is 6.04 Å². The van der Waals surface area contributed by atoms with Crippen LogP contribution in [0.2, 0.25) is 0 Å². The average Bonchev–Trinajstić information content (AvgIpc) is 2.83. The van der Waals surface area contributed by atoms with Crippen LogP contribution in [0.25, 0.3) is 0 Å². The summed E-state index contributed by atoms with van der Waals surface area (Å²) in [4.78, 5) is 24.3. The third-order valence-corrected chi connectivity index (χ3v) is 7.23. The van der Waals surface area contributed by atoms with E-state index >= 15 is 0 Å². The van der Waals surface area contributed by atoms with Gasteiger partial charge in [-0.2, -0.15) is 0 Å². The van der Waals surface area contributed by atoms with Gasteiger partial charge >= 0.3 is 5.97 Å². The van der Waals surface area contributed by atoms with Gasteiger partial charge in [0.2, 0.25) is 5.91 Å². The zero-order valence-electron chi connectivity index (χ0n) is 14.4. The van der Waals surface area contributed by atoms with Crippen LogP contribution in [-0.2, 0) is 9.59 Å². The van der Waals surface area contributed by atoms with Crippen molar-refractivity contribution in [3.63, 3.8) is 0 Å². The minimum atomic E-state index is -0.712. The molecule has 5 fully saturated rings. The molecule has 4 atom stereocenters. The van der Waals surface area contributed by atoms with Crippen molar-refractivity contribution in [1.82, 2.24) is 5.32 Å². The molecule has 5 aliphatic carbocycles. The van der Waals surface area contributed by atoms with E-state index < -0.39 is 5.97 Å². The van der Waals surface area contributed by atoms with Crippen LogP contribution in [0.1, 0.15) is 71.6 Å². The molecule has 4 bridgehead atoms. The molecule has 5 rings (SSSR count). The quantitative estimate of drug-likeness (QED) is 0.838. The number of hydrogen-bond acceptors (Lipinski definition) is 2. The molecule has 0 saturated heterocycles. The van der Waals surface area contributed by atoms with E-state index in [9.17, 15) is 9.59 Å². The van der Waals surface area contributed by atoms with Gasteiger partial charge in [0.05, 0.1) is 11.3 Å². The van der Waals surface area contributed by atoms with Crippen LogP contribution in [-0.4, -0.2) is 23.0 Å². The molecule has 0 aromatic rings. The average molecular weight is 319 g/mol. The first-order chi connectivity index (χ1) is 10.7. The van der Waals surface area contributed by atoms with Crippen molar-refractivity contribution >= 4 is 11.9 Å². The highest BCUT2D eigenvalue weighted by molar-refractivity contribution is 5.84. The molecule has 2 N–H and O–H groups in total. The van der Waals surface area contributed by atoms with Crippen LogP contribution < -0.4 is 5.32 Å². The van der Waals surface area contributed by atoms with Crippen molar-refractivity contribution in [3.8, 4) is 0 Å². The fraction of sp³-hybridized carbons (Fsp3) is 0.895. The maximum atomic E-state index is 13.2. The zero-order valence-corrected chi connectivity index (χ0v) is 14.4. The molecule has 4 heteroatoms. The van der Waals surface area contributed by atoms with E-state index in [1.165, 1.54) is 19.3 Å². The lowest BCUT2D eigenvalue weighted by Gasteiger charge is -2.64. The maximum Gasteiger partial charge on any atom is 0.306 e. The fourth-order valence-electron chi connectivity index (χ4n) is 7.38. The van der Waals surface area contributed by atoms with Gasteiger partial charge in [-0.05, 0) is 74.5 Å². The number of hydrogen-bond donors (Lipinski definition) is 2. The number of carbonyl (C=O) groups is 2. The summed E-state index contributed by atoms with van der Waals surface area (Å²) in [6, 6.07) is 0.0669. The Morgan fingerprint density at radius 2 is 1.65 bits per heavy atom. The van der Waals surface area contributed by atoms with Crippen LogP contribution >= 0.6 is 0 Å². The Kier molecular flexibility index (Phi) is 3.18. The molecule has 0 aliphatic heterocycles. The van der Waals surface area contributed by atoms with Gasteiger partial charge in [0.15, 0.2) is 0 Å². The minimum Gasteiger partial charge on any atom is -0.481 e. The lowest BCUT2D eigenvalue weighted by atomic mass is 9.40. The van der Waals surface area contributed by atoms with E-state index in [-0.39, 0.29) is 23.3 Å². The van der Waals surface area contributed by atoms with Gasteiger partial charge in [0.1, 0.15) is 0 Å². The third-order valence-electron chi connectivity index (χ3n) is 7.23. The lowest BCUT2D eigenvalue weighted by molar-refractivity contribution is -0.170. The largest absolute Gasteiger partial charge is 0.481 e.